The molecule has 0 amide bonds. The van der Waals surface area contributed by atoms with E-state index in [0.29, 0.717) is 20.9 Å². The van der Waals surface area contributed by atoms with E-state index in [0.717, 1.165) is 8.61 Å². The quantitative estimate of drug-likeness (QED) is 0.236. The smallest absolute Gasteiger partial charge is 0.327 e. The third kappa shape index (κ3) is 5.11. The first kappa shape index (κ1) is 30.1. The van der Waals surface area contributed by atoms with Gasteiger partial charge in [0.2, 0.25) is 0 Å². The SMILES string of the molecule is O=C(O)[C@H]1Cc2c(SSc3cccc4c3C[C@H](C(=O)O)N4S(=O)(=O)c3ccccc3)cccc2N1S(=O)(=O)c1ccccc1. The van der Waals surface area contributed by atoms with Gasteiger partial charge in [-0.25, -0.2) is 26.4 Å². The van der Waals surface area contributed by atoms with Crippen LogP contribution in [0.2, 0.25) is 0 Å². The van der Waals surface area contributed by atoms with Crippen LogP contribution in [-0.4, -0.2) is 51.1 Å². The van der Waals surface area contributed by atoms with E-state index in [9.17, 15) is 36.6 Å². The fraction of sp³-hybridized carbons (Fsp3) is 0.133. The minimum Gasteiger partial charge on any atom is -0.480 e. The maximum absolute atomic E-state index is 13.6. The number of nitrogens with zero attached hydrogens (tertiary/aromatic N) is 2. The summed E-state index contributed by atoms with van der Waals surface area (Å²) in [6.07, 6.45) is -0.0882. The molecule has 10 nitrogen and oxygen atoms in total. The number of carbonyl (C=O) groups is 2. The monoisotopic (exact) mass is 668 g/mol. The van der Waals surface area contributed by atoms with E-state index in [4.69, 9.17) is 0 Å². The van der Waals surface area contributed by atoms with Gasteiger partial charge < -0.3 is 10.2 Å². The van der Waals surface area contributed by atoms with E-state index in [2.05, 4.69) is 0 Å². The molecule has 2 N–H and O–H groups in total. The summed E-state index contributed by atoms with van der Waals surface area (Å²) in [5, 5.41) is 20.0. The summed E-state index contributed by atoms with van der Waals surface area (Å²) in [7, 11) is -5.82. The van der Waals surface area contributed by atoms with Crippen molar-refractivity contribution in [3.05, 3.63) is 108 Å². The van der Waals surface area contributed by atoms with Crippen LogP contribution < -0.4 is 8.61 Å². The van der Waals surface area contributed by atoms with Gasteiger partial charge in [-0.05, 0) is 59.7 Å². The molecule has 0 fully saturated rings. The molecule has 2 atom stereocenters. The first-order valence-corrected chi connectivity index (χ1v) is 18.3. The molecule has 0 aliphatic carbocycles. The molecule has 14 heteroatoms. The molecule has 226 valence electrons. The van der Waals surface area contributed by atoms with Crippen molar-refractivity contribution in [1.29, 1.82) is 0 Å². The zero-order valence-corrected chi connectivity index (χ0v) is 25.9. The molecule has 6 rings (SSSR count). The Bertz CT molecular complexity index is 1840. The largest absolute Gasteiger partial charge is 0.480 e. The number of fused-ring (bicyclic) bond motifs is 2. The number of aliphatic carboxylic acids is 2. The number of hydrogen-bond acceptors (Lipinski definition) is 8. The van der Waals surface area contributed by atoms with Crippen molar-refractivity contribution in [2.75, 3.05) is 8.61 Å². The Morgan fingerprint density at radius 1 is 0.568 bits per heavy atom. The second-order valence-electron chi connectivity index (χ2n) is 10.0. The molecular weight excluding hydrogens is 645 g/mol. The first-order valence-electron chi connectivity index (χ1n) is 13.2. The molecule has 44 heavy (non-hydrogen) atoms. The van der Waals surface area contributed by atoms with Crippen LogP contribution in [0.3, 0.4) is 0 Å². The van der Waals surface area contributed by atoms with Gasteiger partial charge in [0, 0.05) is 22.6 Å². The minimum absolute atomic E-state index is 0.0191. The number of carboxylic acids is 2. The summed E-state index contributed by atoms with van der Waals surface area (Å²) in [4.78, 5) is 25.8. The van der Waals surface area contributed by atoms with Crippen LogP contribution in [0.4, 0.5) is 11.4 Å². The lowest BCUT2D eigenvalue weighted by atomic mass is 10.1. The van der Waals surface area contributed by atoms with E-state index in [1.807, 2.05) is 0 Å². The second kappa shape index (κ2) is 11.5. The highest BCUT2D eigenvalue weighted by molar-refractivity contribution is 8.76. The molecule has 0 bridgehead atoms. The predicted octanol–water partition coefficient (Wildman–Crippen LogP) is 4.90. The Hall–Kier alpha value is -3.98. The van der Waals surface area contributed by atoms with Gasteiger partial charge in [-0.1, -0.05) is 70.1 Å². The molecule has 0 radical (unpaired) electrons. The van der Waals surface area contributed by atoms with Crippen LogP contribution in [-0.2, 0) is 42.5 Å². The van der Waals surface area contributed by atoms with Gasteiger partial charge in [-0.3, -0.25) is 8.61 Å². The molecule has 2 aliphatic heterocycles. The highest BCUT2D eigenvalue weighted by atomic mass is 33.1. The molecule has 0 unspecified atom stereocenters. The Labute approximate surface area is 261 Å². The predicted molar refractivity (Wildman–Crippen MR) is 167 cm³/mol. The molecular formula is C30H24N2O8S4. The number of hydrogen-bond donors (Lipinski definition) is 2. The lowest BCUT2D eigenvalue weighted by Crippen LogP contribution is -2.42. The first-order chi connectivity index (χ1) is 21.0. The molecule has 4 aromatic carbocycles. The third-order valence-electron chi connectivity index (χ3n) is 7.44. The van der Waals surface area contributed by atoms with E-state index < -0.39 is 44.1 Å². The summed E-state index contributed by atoms with van der Waals surface area (Å²) in [5.41, 5.74) is 1.66. The van der Waals surface area contributed by atoms with Gasteiger partial charge in [-0.2, -0.15) is 0 Å². The zero-order chi connectivity index (χ0) is 31.2. The van der Waals surface area contributed by atoms with Crippen molar-refractivity contribution in [2.45, 2.75) is 44.5 Å². The van der Waals surface area contributed by atoms with E-state index in [1.165, 1.54) is 45.9 Å². The van der Waals surface area contributed by atoms with E-state index in [1.54, 1.807) is 72.8 Å². The van der Waals surface area contributed by atoms with Gasteiger partial charge in [0.1, 0.15) is 12.1 Å². The molecule has 2 heterocycles. The van der Waals surface area contributed by atoms with Crippen molar-refractivity contribution in [3.63, 3.8) is 0 Å². The molecule has 4 aromatic rings. The molecule has 0 spiro atoms. The lowest BCUT2D eigenvalue weighted by molar-refractivity contribution is -0.139. The maximum atomic E-state index is 13.6. The molecule has 0 saturated heterocycles. The second-order valence-corrected chi connectivity index (χ2v) is 15.9. The van der Waals surface area contributed by atoms with Crippen molar-refractivity contribution in [1.82, 2.24) is 0 Å². The number of sulfonamides is 2. The van der Waals surface area contributed by atoms with Gasteiger partial charge >= 0.3 is 11.9 Å². The standard InChI is InChI=1S/C30H24N2O8S4/c33-29(34)25-17-21-23(31(25)43(37,38)19-9-3-1-4-10-19)13-7-15-27(21)41-42-28-16-8-14-24-22(28)18-26(30(35)36)32(24)44(39,40)20-11-5-2-6-12-20/h1-16,25-26H,17-18H2,(H,33,34)(H,35,36)/t25-,26-/m1/s1. The van der Waals surface area contributed by atoms with Crippen molar-refractivity contribution >= 4 is 64.9 Å². The summed E-state index contributed by atoms with van der Waals surface area (Å²) in [5.74, 6) is -2.55. The van der Waals surface area contributed by atoms with Crippen molar-refractivity contribution in [3.8, 4) is 0 Å². The highest BCUT2D eigenvalue weighted by Gasteiger charge is 2.45. The number of benzene rings is 4. The lowest BCUT2D eigenvalue weighted by Gasteiger charge is -2.24. The van der Waals surface area contributed by atoms with Crippen LogP contribution in [0.5, 0.6) is 0 Å². The van der Waals surface area contributed by atoms with Crippen LogP contribution >= 0.6 is 21.6 Å². The van der Waals surface area contributed by atoms with Gasteiger partial charge in [0.05, 0.1) is 21.2 Å². The molecule has 0 saturated carbocycles. The normalized spacial score (nSPS) is 17.7. The average Bonchev–Trinajstić information content (AvgIpc) is 3.62. The third-order valence-corrected chi connectivity index (χ3v) is 13.7. The Balaban J connectivity index is 1.34. The van der Waals surface area contributed by atoms with Crippen LogP contribution in [0.1, 0.15) is 11.1 Å². The van der Waals surface area contributed by atoms with Crippen molar-refractivity contribution in [2.24, 2.45) is 0 Å². The summed E-state index contributed by atoms with van der Waals surface area (Å²) >= 11 is 0. The Kier molecular flexibility index (Phi) is 7.86. The Morgan fingerprint density at radius 3 is 1.27 bits per heavy atom. The average molecular weight is 669 g/mol. The summed E-state index contributed by atoms with van der Waals surface area (Å²) < 4.78 is 56.2. The van der Waals surface area contributed by atoms with Gasteiger partial charge in [-0.15, -0.1) is 0 Å². The highest BCUT2D eigenvalue weighted by Crippen LogP contribution is 2.49. The van der Waals surface area contributed by atoms with Gasteiger partial charge in [0.25, 0.3) is 20.0 Å². The molecule has 0 aromatic heterocycles. The fourth-order valence-electron chi connectivity index (χ4n) is 5.45. The topological polar surface area (TPSA) is 149 Å². The van der Waals surface area contributed by atoms with E-state index in [-0.39, 0.29) is 34.0 Å². The Morgan fingerprint density at radius 2 is 0.932 bits per heavy atom. The van der Waals surface area contributed by atoms with Crippen LogP contribution in [0.25, 0.3) is 0 Å². The molecule has 2 aliphatic rings. The van der Waals surface area contributed by atoms with Gasteiger partial charge in [0.15, 0.2) is 0 Å². The number of rotatable bonds is 9. The van der Waals surface area contributed by atoms with Crippen LogP contribution in [0, 0.1) is 0 Å². The number of carboxylic acid groups (broad SMARTS) is 2. The van der Waals surface area contributed by atoms with Crippen LogP contribution in [0.15, 0.2) is 117 Å². The summed E-state index contributed by atoms with van der Waals surface area (Å²) in [6, 6.07) is 22.6. The number of anilines is 2. The van der Waals surface area contributed by atoms with E-state index >= 15 is 0 Å². The fourth-order valence-corrected chi connectivity index (χ4v) is 11.3. The summed E-state index contributed by atoms with van der Waals surface area (Å²) in [6.45, 7) is 0. The maximum Gasteiger partial charge on any atom is 0.327 e. The zero-order valence-electron chi connectivity index (χ0n) is 22.7. The minimum atomic E-state index is -4.18. The van der Waals surface area contributed by atoms with Crippen molar-refractivity contribution < 1.29 is 36.6 Å².